The normalized spacial score (nSPS) is 10.9. The lowest BCUT2D eigenvalue weighted by molar-refractivity contribution is 0.503. The van der Waals surface area contributed by atoms with Crippen molar-refractivity contribution in [2.75, 3.05) is 23.9 Å². The van der Waals surface area contributed by atoms with Crippen molar-refractivity contribution in [3.05, 3.63) is 21.6 Å². The summed E-state index contributed by atoms with van der Waals surface area (Å²) in [5.41, 5.74) is 0.381. The van der Waals surface area contributed by atoms with Gasteiger partial charge < -0.3 is 5.32 Å². The molecule has 0 aliphatic heterocycles. The number of nitrogens with one attached hydrogen (secondary N) is 1. The van der Waals surface area contributed by atoms with Crippen molar-refractivity contribution in [3.8, 4) is 0 Å². The Hall–Kier alpha value is -0.680. The van der Waals surface area contributed by atoms with Crippen LogP contribution in [0.4, 0.5) is 5.69 Å². The Morgan fingerprint density at radius 1 is 1.59 bits per heavy atom. The highest BCUT2D eigenvalue weighted by Crippen LogP contribution is 2.16. The van der Waals surface area contributed by atoms with Crippen molar-refractivity contribution in [1.82, 2.24) is 9.78 Å². The summed E-state index contributed by atoms with van der Waals surface area (Å²) in [6.45, 7) is 4.60. The Morgan fingerprint density at radius 3 is 2.88 bits per heavy atom. The monoisotopic (exact) mass is 275 g/mol. The molecule has 1 aromatic rings. The molecule has 1 rings (SSSR count). The maximum atomic E-state index is 11.8. The fourth-order valence-electron chi connectivity index (χ4n) is 1.38. The van der Waals surface area contributed by atoms with Crippen LogP contribution in [0.1, 0.15) is 26.3 Å². The van der Waals surface area contributed by atoms with Gasteiger partial charge in [-0.1, -0.05) is 11.6 Å². The molecular weight excluding hydrogens is 258 g/mol. The van der Waals surface area contributed by atoms with Gasteiger partial charge in [0.25, 0.3) is 5.56 Å². The first-order valence-corrected chi connectivity index (χ1v) is 7.35. The summed E-state index contributed by atoms with van der Waals surface area (Å²) >= 11 is 7.81. The number of aromatic nitrogens is 2. The number of hydrogen-bond donors (Lipinski definition) is 1. The number of rotatable bonds is 6. The third-order valence-corrected chi connectivity index (χ3v) is 3.34. The highest BCUT2D eigenvalue weighted by molar-refractivity contribution is 7.98. The molecule has 6 heteroatoms. The molecule has 0 radical (unpaired) electrons. The lowest BCUT2D eigenvalue weighted by Gasteiger charge is -2.11. The minimum Gasteiger partial charge on any atom is -0.382 e. The van der Waals surface area contributed by atoms with Gasteiger partial charge in [-0.15, -0.1) is 0 Å². The lowest BCUT2D eigenvalue weighted by Crippen LogP contribution is -2.25. The van der Waals surface area contributed by atoms with Crippen LogP contribution < -0.4 is 10.9 Å². The van der Waals surface area contributed by atoms with E-state index in [1.54, 1.807) is 18.0 Å². The minimum absolute atomic E-state index is 0.0190. The molecule has 1 heterocycles. The first kappa shape index (κ1) is 14.4. The van der Waals surface area contributed by atoms with E-state index in [4.69, 9.17) is 11.6 Å². The Labute approximate surface area is 111 Å². The van der Waals surface area contributed by atoms with E-state index < -0.39 is 0 Å². The SMILES string of the molecule is CSCCCNc1cnn(C(C)C)c(=O)c1Cl. The standard InChI is InChI=1S/C11H18ClN3OS/c1-8(2)15-11(16)10(12)9(7-14-15)13-5-4-6-17-3/h7-8,13H,4-6H2,1-3H3. The van der Waals surface area contributed by atoms with Gasteiger partial charge in [0.2, 0.25) is 0 Å². The van der Waals surface area contributed by atoms with E-state index in [0.717, 1.165) is 18.7 Å². The molecule has 0 atom stereocenters. The summed E-state index contributed by atoms with van der Waals surface area (Å²) in [5.74, 6) is 1.08. The van der Waals surface area contributed by atoms with Gasteiger partial charge >= 0.3 is 0 Å². The average Bonchev–Trinajstić information content (AvgIpc) is 2.29. The van der Waals surface area contributed by atoms with Gasteiger partial charge in [0.15, 0.2) is 0 Å². The maximum Gasteiger partial charge on any atom is 0.287 e. The molecule has 4 nitrogen and oxygen atoms in total. The molecule has 1 aromatic heterocycles. The van der Waals surface area contributed by atoms with Crippen LogP contribution in [0.25, 0.3) is 0 Å². The van der Waals surface area contributed by atoms with E-state index in [1.165, 1.54) is 4.68 Å². The van der Waals surface area contributed by atoms with Gasteiger partial charge in [-0.25, -0.2) is 4.68 Å². The van der Waals surface area contributed by atoms with Crippen molar-refractivity contribution in [1.29, 1.82) is 0 Å². The van der Waals surface area contributed by atoms with Gasteiger partial charge in [-0.2, -0.15) is 16.9 Å². The number of nitrogens with zero attached hydrogens (tertiary/aromatic N) is 2. The quantitative estimate of drug-likeness (QED) is 0.811. The third kappa shape index (κ3) is 3.92. The molecule has 0 aromatic carbocycles. The fourth-order valence-corrected chi connectivity index (χ4v) is 2.01. The van der Waals surface area contributed by atoms with Gasteiger partial charge in [-0.3, -0.25) is 4.79 Å². The topological polar surface area (TPSA) is 46.9 Å². The summed E-state index contributed by atoms with van der Waals surface area (Å²) in [7, 11) is 0. The molecular formula is C11H18ClN3OS. The van der Waals surface area contributed by atoms with Crippen LogP contribution in [0, 0.1) is 0 Å². The Kier molecular flexibility index (Phi) is 5.85. The van der Waals surface area contributed by atoms with Gasteiger partial charge in [0.05, 0.1) is 17.9 Å². The molecule has 0 fully saturated rings. The molecule has 0 amide bonds. The van der Waals surface area contributed by atoms with E-state index in [0.29, 0.717) is 5.69 Å². The van der Waals surface area contributed by atoms with Crippen molar-refractivity contribution in [3.63, 3.8) is 0 Å². The number of hydrogen-bond acceptors (Lipinski definition) is 4. The molecule has 0 unspecified atom stereocenters. The highest BCUT2D eigenvalue weighted by Gasteiger charge is 2.10. The zero-order valence-electron chi connectivity index (χ0n) is 10.4. The lowest BCUT2D eigenvalue weighted by atomic mass is 10.3. The first-order valence-electron chi connectivity index (χ1n) is 5.58. The van der Waals surface area contributed by atoms with Crippen LogP contribution in [0.3, 0.4) is 0 Å². The molecule has 17 heavy (non-hydrogen) atoms. The van der Waals surface area contributed by atoms with Crippen molar-refractivity contribution >= 4 is 29.1 Å². The van der Waals surface area contributed by atoms with Crippen LogP contribution in [0.2, 0.25) is 5.02 Å². The molecule has 1 N–H and O–H groups in total. The Morgan fingerprint density at radius 2 is 2.29 bits per heavy atom. The highest BCUT2D eigenvalue weighted by atomic mass is 35.5. The molecule has 0 saturated heterocycles. The largest absolute Gasteiger partial charge is 0.382 e. The molecule has 96 valence electrons. The van der Waals surface area contributed by atoms with Crippen molar-refractivity contribution in [2.45, 2.75) is 26.3 Å². The van der Waals surface area contributed by atoms with Gasteiger partial charge in [-0.05, 0) is 32.3 Å². The van der Waals surface area contributed by atoms with Crippen LogP contribution in [0.5, 0.6) is 0 Å². The second-order valence-electron chi connectivity index (χ2n) is 3.99. The summed E-state index contributed by atoms with van der Waals surface area (Å²) in [6.07, 6.45) is 4.71. The zero-order chi connectivity index (χ0) is 12.8. The van der Waals surface area contributed by atoms with Crippen LogP contribution in [-0.4, -0.2) is 28.3 Å². The van der Waals surface area contributed by atoms with Gasteiger partial charge in [0.1, 0.15) is 5.02 Å². The number of anilines is 1. The number of thioether (sulfide) groups is 1. The van der Waals surface area contributed by atoms with E-state index in [2.05, 4.69) is 16.7 Å². The Bertz CT molecular complexity index is 420. The molecule has 0 saturated carbocycles. The third-order valence-electron chi connectivity index (χ3n) is 2.27. The minimum atomic E-state index is -0.239. The van der Waals surface area contributed by atoms with Crippen molar-refractivity contribution < 1.29 is 0 Å². The second kappa shape index (κ2) is 6.91. The average molecular weight is 276 g/mol. The maximum absolute atomic E-state index is 11.8. The van der Waals surface area contributed by atoms with Gasteiger partial charge in [0, 0.05) is 6.54 Å². The first-order chi connectivity index (χ1) is 8.07. The van der Waals surface area contributed by atoms with Crippen LogP contribution in [0.15, 0.2) is 11.0 Å². The smallest absolute Gasteiger partial charge is 0.287 e. The van der Waals surface area contributed by atoms with E-state index in [9.17, 15) is 4.79 Å². The van der Waals surface area contributed by atoms with Crippen LogP contribution >= 0.6 is 23.4 Å². The summed E-state index contributed by atoms with van der Waals surface area (Å²) in [6, 6.07) is 0.0190. The molecule has 0 aliphatic carbocycles. The summed E-state index contributed by atoms with van der Waals surface area (Å²) in [4.78, 5) is 11.8. The zero-order valence-corrected chi connectivity index (χ0v) is 11.9. The summed E-state index contributed by atoms with van der Waals surface area (Å²) < 4.78 is 1.38. The van der Waals surface area contributed by atoms with Crippen molar-refractivity contribution in [2.24, 2.45) is 0 Å². The van der Waals surface area contributed by atoms with E-state index in [1.807, 2.05) is 13.8 Å². The van der Waals surface area contributed by atoms with E-state index in [-0.39, 0.29) is 16.6 Å². The fraction of sp³-hybridized carbons (Fsp3) is 0.636. The molecule has 0 spiro atoms. The predicted octanol–water partition coefficient (Wildman–Crippen LogP) is 2.64. The number of halogens is 1. The summed E-state index contributed by atoms with van der Waals surface area (Å²) in [5, 5.41) is 7.44. The van der Waals surface area contributed by atoms with Crippen LogP contribution in [-0.2, 0) is 0 Å². The Balaban J connectivity index is 2.75. The predicted molar refractivity (Wildman–Crippen MR) is 75.4 cm³/mol. The molecule has 0 bridgehead atoms. The molecule has 0 aliphatic rings. The second-order valence-corrected chi connectivity index (χ2v) is 5.35. The van der Waals surface area contributed by atoms with E-state index >= 15 is 0 Å².